The van der Waals surface area contributed by atoms with Gasteiger partial charge in [-0.1, -0.05) is 49.4 Å². The smallest absolute Gasteiger partial charge is 0.261 e. The molecule has 0 aliphatic heterocycles. The Morgan fingerprint density at radius 2 is 1.73 bits per heavy atom. The summed E-state index contributed by atoms with van der Waals surface area (Å²) < 4.78 is 19.0. The van der Waals surface area contributed by atoms with Crippen LogP contribution in [0.25, 0.3) is 10.8 Å². The van der Waals surface area contributed by atoms with Crippen LogP contribution >= 0.6 is 0 Å². The topological polar surface area (TPSA) is 38.3 Å². The zero-order valence-electron chi connectivity index (χ0n) is 14.9. The number of ether oxygens (including phenoxy) is 1. The number of amides is 1. The summed E-state index contributed by atoms with van der Waals surface area (Å²) in [6.07, 6.45) is -0.0338. The molecular weight excluding hydrogens is 329 g/mol. The molecule has 134 valence electrons. The van der Waals surface area contributed by atoms with Crippen molar-refractivity contribution in [2.75, 3.05) is 0 Å². The molecule has 0 aliphatic rings. The fraction of sp³-hybridized carbons (Fsp3) is 0.227. The van der Waals surface area contributed by atoms with Crippen LogP contribution in [0.1, 0.15) is 31.9 Å². The van der Waals surface area contributed by atoms with E-state index in [2.05, 4.69) is 5.32 Å². The maximum atomic E-state index is 13.0. The Hall–Kier alpha value is -2.88. The van der Waals surface area contributed by atoms with Crippen LogP contribution in [0.2, 0.25) is 0 Å². The van der Waals surface area contributed by atoms with Gasteiger partial charge in [-0.15, -0.1) is 0 Å². The Morgan fingerprint density at radius 3 is 2.42 bits per heavy atom. The van der Waals surface area contributed by atoms with E-state index in [1.807, 2.05) is 56.3 Å². The molecule has 0 bridgehead atoms. The van der Waals surface area contributed by atoms with Gasteiger partial charge >= 0.3 is 0 Å². The van der Waals surface area contributed by atoms with E-state index in [0.29, 0.717) is 12.2 Å². The highest BCUT2D eigenvalue weighted by molar-refractivity contribution is 5.84. The first-order chi connectivity index (χ1) is 12.6. The summed E-state index contributed by atoms with van der Waals surface area (Å²) in [4.78, 5) is 12.6. The summed E-state index contributed by atoms with van der Waals surface area (Å²) in [6, 6.07) is 19.7. The van der Waals surface area contributed by atoms with E-state index in [1.165, 1.54) is 12.1 Å². The van der Waals surface area contributed by atoms with Crippen LogP contribution < -0.4 is 10.1 Å². The third kappa shape index (κ3) is 4.20. The summed E-state index contributed by atoms with van der Waals surface area (Å²) in [7, 11) is 0. The molecule has 0 radical (unpaired) electrons. The highest BCUT2D eigenvalue weighted by Crippen LogP contribution is 2.22. The zero-order valence-corrected chi connectivity index (χ0v) is 14.9. The van der Waals surface area contributed by atoms with Gasteiger partial charge in [0.2, 0.25) is 0 Å². The molecule has 0 saturated heterocycles. The lowest BCUT2D eigenvalue weighted by molar-refractivity contribution is -0.128. The molecule has 0 unspecified atom stereocenters. The van der Waals surface area contributed by atoms with Crippen molar-refractivity contribution in [2.45, 2.75) is 32.4 Å². The predicted molar refractivity (Wildman–Crippen MR) is 102 cm³/mol. The first-order valence-corrected chi connectivity index (χ1v) is 8.78. The van der Waals surface area contributed by atoms with Crippen LogP contribution in [0.4, 0.5) is 4.39 Å². The molecule has 0 aromatic heterocycles. The summed E-state index contributed by atoms with van der Waals surface area (Å²) in [5, 5.41) is 5.13. The van der Waals surface area contributed by atoms with E-state index in [1.54, 1.807) is 12.1 Å². The molecule has 0 aliphatic carbocycles. The van der Waals surface area contributed by atoms with Gasteiger partial charge in [-0.3, -0.25) is 4.79 Å². The fourth-order valence-corrected chi connectivity index (χ4v) is 2.87. The molecule has 1 N–H and O–H groups in total. The lowest BCUT2D eigenvalue weighted by atomic mass is 10.1. The Kier molecular flexibility index (Phi) is 5.52. The van der Waals surface area contributed by atoms with Crippen molar-refractivity contribution in [1.82, 2.24) is 5.32 Å². The number of carbonyl (C=O) groups excluding carboxylic acids is 1. The zero-order chi connectivity index (χ0) is 18.5. The SMILES string of the molecule is CC[C@@H](Oc1ccc2ccccc2c1)C(=O)N[C@@H](C)c1ccc(F)cc1. The minimum atomic E-state index is -0.584. The second-order valence-electron chi connectivity index (χ2n) is 6.31. The van der Waals surface area contributed by atoms with E-state index in [4.69, 9.17) is 4.74 Å². The summed E-state index contributed by atoms with van der Waals surface area (Å²) in [5.74, 6) is 0.191. The number of hydrogen-bond acceptors (Lipinski definition) is 2. The number of hydrogen-bond donors (Lipinski definition) is 1. The van der Waals surface area contributed by atoms with Crippen molar-refractivity contribution in [3.63, 3.8) is 0 Å². The van der Waals surface area contributed by atoms with Crippen molar-refractivity contribution in [1.29, 1.82) is 0 Å². The molecule has 4 heteroatoms. The monoisotopic (exact) mass is 351 g/mol. The van der Waals surface area contributed by atoms with Crippen LogP contribution in [0.3, 0.4) is 0 Å². The van der Waals surface area contributed by atoms with Crippen molar-refractivity contribution in [2.24, 2.45) is 0 Å². The predicted octanol–water partition coefficient (Wildman–Crippen LogP) is 5.01. The lowest BCUT2D eigenvalue weighted by Crippen LogP contribution is -2.39. The van der Waals surface area contributed by atoms with E-state index in [-0.39, 0.29) is 17.8 Å². The molecule has 26 heavy (non-hydrogen) atoms. The van der Waals surface area contributed by atoms with Gasteiger partial charge in [0.15, 0.2) is 6.10 Å². The quantitative estimate of drug-likeness (QED) is 0.678. The average molecular weight is 351 g/mol. The first-order valence-electron chi connectivity index (χ1n) is 8.78. The molecule has 3 aromatic carbocycles. The molecule has 0 fully saturated rings. The molecule has 0 saturated carbocycles. The number of fused-ring (bicyclic) bond motifs is 1. The van der Waals surface area contributed by atoms with Crippen molar-refractivity contribution in [3.8, 4) is 5.75 Å². The average Bonchev–Trinajstić information content (AvgIpc) is 2.66. The third-order valence-electron chi connectivity index (χ3n) is 4.39. The van der Waals surface area contributed by atoms with Crippen LogP contribution in [-0.2, 0) is 4.79 Å². The lowest BCUT2D eigenvalue weighted by Gasteiger charge is -2.21. The van der Waals surface area contributed by atoms with E-state index < -0.39 is 6.10 Å². The van der Waals surface area contributed by atoms with Crippen LogP contribution in [0.5, 0.6) is 5.75 Å². The minimum absolute atomic E-state index is 0.183. The normalized spacial score (nSPS) is 13.2. The fourth-order valence-electron chi connectivity index (χ4n) is 2.87. The second-order valence-corrected chi connectivity index (χ2v) is 6.31. The van der Waals surface area contributed by atoms with E-state index >= 15 is 0 Å². The number of carbonyl (C=O) groups is 1. The first kappa shape index (κ1) is 17.9. The summed E-state index contributed by atoms with van der Waals surface area (Å²) >= 11 is 0. The molecule has 1 amide bonds. The van der Waals surface area contributed by atoms with Crippen LogP contribution in [0.15, 0.2) is 66.7 Å². The highest BCUT2D eigenvalue weighted by atomic mass is 19.1. The van der Waals surface area contributed by atoms with Crippen LogP contribution in [0, 0.1) is 5.82 Å². The molecule has 3 rings (SSSR count). The summed E-state index contributed by atoms with van der Waals surface area (Å²) in [5.41, 5.74) is 0.848. The second kappa shape index (κ2) is 8.00. The maximum absolute atomic E-state index is 13.0. The Labute approximate surface area is 152 Å². The van der Waals surface area contributed by atoms with Gasteiger partial charge in [-0.05, 0) is 53.9 Å². The van der Waals surface area contributed by atoms with Gasteiger partial charge in [0, 0.05) is 0 Å². The van der Waals surface area contributed by atoms with Crippen LogP contribution in [-0.4, -0.2) is 12.0 Å². The molecule has 2 atom stereocenters. The van der Waals surface area contributed by atoms with Gasteiger partial charge < -0.3 is 10.1 Å². The van der Waals surface area contributed by atoms with E-state index in [9.17, 15) is 9.18 Å². The standard InChI is InChI=1S/C22H22FNO2/c1-3-21(22(25)24-15(2)16-8-11-19(23)12-9-16)26-20-13-10-17-6-4-5-7-18(17)14-20/h4-15,21H,3H2,1-2H3,(H,24,25)/t15-,21+/m0/s1. The molecule has 0 heterocycles. The molecule has 3 aromatic rings. The van der Waals surface area contributed by atoms with Gasteiger partial charge in [-0.25, -0.2) is 4.39 Å². The molecule has 3 nitrogen and oxygen atoms in total. The molecule has 0 spiro atoms. The van der Waals surface area contributed by atoms with Gasteiger partial charge in [0.1, 0.15) is 11.6 Å². The van der Waals surface area contributed by atoms with Crippen molar-refractivity contribution < 1.29 is 13.9 Å². The maximum Gasteiger partial charge on any atom is 0.261 e. The Bertz CT molecular complexity index is 892. The Balaban J connectivity index is 1.68. The van der Waals surface area contributed by atoms with Crippen molar-refractivity contribution in [3.05, 3.63) is 78.1 Å². The third-order valence-corrected chi connectivity index (χ3v) is 4.39. The van der Waals surface area contributed by atoms with Gasteiger partial charge in [-0.2, -0.15) is 0 Å². The van der Waals surface area contributed by atoms with Crippen molar-refractivity contribution >= 4 is 16.7 Å². The minimum Gasteiger partial charge on any atom is -0.481 e. The number of halogens is 1. The largest absolute Gasteiger partial charge is 0.481 e. The number of rotatable bonds is 6. The molecular formula is C22H22FNO2. The van der Waals surface area contributed by atoms with E-state index in [0.717, 1.165) is 16.3 Å². The highest BCUT2D eigenvalue weighted by Gasteiger charge is 2.20. The van der Waals surface area contributed by atoms with Gasteiger partial charge in [0.05, 0.1) is 6.04 Å². The number of benzene rings is 3. The van der Waals surface area contributed by atoms with Gasteiger partial charge in [0.25, 0.3) is 5.91 Å². The Morgan fingerprint density at radius 1 is 1.04 bits per heavy atom. The number of nitrogens with one attached hydrogen (secondary N) is 1. The summed E-state index contributed by atoms with van der Waals surface area (Å²) in [6.45, 7) is 3.78.